The van der Waals surface area contributed by atoms with E-state index in [2.05, 4.69) is 25.6 Å². The molecule has 0 saturated carbocycles. The first-order valence-corrected chi connectivity index (χ1v) is 10.9. The Bertz CT molecular complexity index is 1080. The lowest BCUT2D eigenvalue weighted by atomic mass is 10.3. The maximum atomic E-state index is 12.8. The molecule has 0 bridgehead atoms. The molecule has 0 aliphatic rings. The lowest BCUT2D eigenvalue weighted by Gasteiger charge is -2.08. The number of rotatable bonds is 7. The van der Waals surface area contributed by atoms with Crippen LogP contribution >= 0.6 is 34.7 Å². The summed E-state index contributed by atoms with van der Waals surface area (Å²) < 4.78 is 1.65. The van der Waals surface area contributed by atoms with Crippen LogP contribution in [-0.2, 0) is 12.3 Å². The molecular weight excluding hydrogens is 428 g/mol. The van der Waals surface area contributed by atoms with E-state index in [1.54, 1.807) is 46.6 Å². The summed E-state index contributed by atoms with van der Waals surface area (Å²) in [5.74, 6) is 0.157. The summed E-state index contributed by atoms with van der Waals surface area (Å²) in [6, 6.07) is 12.9. The van der Waals surface area contributed by atoms with E-state index in [0.29, 0.717) is 28.2 Å². The molecule has 4 rings (SSSR count). The van der Waals surface area contributed by atoms with Crippen molar-refractivity contribution in [2.45, 2.75) is 17.5 Å². The number of amides is 1. The summed E-state index contributed by atoms with van der Waals surface area (Å²) >= 11 is 8.99. The van der Waals surface area contributed by atoms with E-state index in [1.165, 1.54) is 11.8 Å². The van der Waals surface area contributed by atoms with Crippen molar-refractivity contribution in [3.63, 3.8) is 0 Å². The van der Waals surface area contributed by atoms with Crippen molar-refractivity contribution in [3.8, 4) is 5.69 Å². The molecule has 4 aromatic rings. The van der Waals surface area contributed by atoms with Crippen molar-refractivity contribution in [1.82, 2.24) is 30.3 Å². The molecule has 0 fully saturated rings. The van der Waals surface area contributed by atoms with Crippen LogP contribution < -0.4 is 5.32 Å². The number of hydrogen-bond acceptors (Lipinski definition) is 7. The standard InChI is InChI=1S/C19H15ClN6OS2/c20-13-4-6-14(7-5-13)26-16(12-29-19-21-8-2-9-22-19)17(24-25-26)18(27)23-11-15-3-1-10-28-15/h1-10H,11-12H2,(H,23,27). The van der Waals surface area contributed by atoms with Gasteiger partial charge in [0.2, 0.25) is 0 Å². The highest BCUT2D eigenvalue weighted by molar-refractivity contribution is 7.98. The van der Waals surface area contributed by atoms with Crippen LogP contribution in [0.2, 0.25) is 5.02 Å². The highest BCUT2D eigenvalue weighted by atomic mass is 35.5. The van der Waals surface area contributed by atoms with Crippen molar-refractivity contribution in [1.29, 1.82) is 0 Å². The highest BCUT2D eigenvalue weighted by Crippen LogP contribution is 2.23. The molecule has 10 heteroatoms. The molecule has 1 aromatic carbocycles. The highest BCUT2D eigenvalue weighted by Gasteiger charge is 2.21. The summed E-state index contributed by atoms with van der Waals surface area (Å²) in [7, 11) is 0. The van der Waals surface area contributed by atoms with Gasteiger partial charge in [-0.3, -0.25) is 4.79 Å². The first-order chi connectivity index (χ1) is 14.2. The van der Waals surface area contributed by atoms with Crippen LogP contribution in [0.3, 0.4) is 0 Å². The quantitative estimate of drug-likeness (QED) is 0.344. The lowest BCUT2D eigenvalue weighted by molar-refractivity contribution is 0.0945. The van der Waals surface area contributed by atoms with Gasteiger partial charge in [-0.25, -0.2) is 14.6 Å². The Labute approximate surface area is 180 Å². The predicted molar refractivity (Wildman–Crippen MR) is 113 cm³/mol. The third-order valence-electron chi connectivity index (χ3n) is 3.93. The van der Waals surface area contributed by atoms with Gasteiger partial charge in [-0.05, 0) is 41.8 Å². The van der Waals surface area contributed by atoms with Crippen LogP contribution in [0.5, 0.6) is 0 Å². The van der Waals surface area contributed by atoms with Gasteiger partial charge in [0.25, 0.3) is 5.91 Å². The molecule has 0 unspecified atom stereocenters. The molecule has 0 saturated heterocycles. The van der Waals surface area contributed by atoms with Crippen LogP contribution in [0.15, 0.2) is 65.4 Å². The number of benzene rings is 1. The van der Waals surface area contributed by atoms with Crippen molar-refractivity contribution in [2.75, 3.05) is 0 Å². The molecule has 0 atom stereocenters. The molecule has 3 heterocycles. The average Bonchev–Trinajstić information content (AvgIpc) is 3.42. The zero-order chi connectivity index (χ0) is 20.1. The molecule has 29 heavy (non-hydrogen) atoms. The first kappa shape index (κ1) is 19.6. The van der Waals surface area contributed by atoms with Gasteiger partial charge in [-0.2, -0.15) is 0 Å². The lowest BCUT2D eigenvalue weighted by Crippen LogP contribution is -2.24. The normalized spacial score (nSPS) is 10.8. The van der Waals surface area contributed by atoms with Gasteiger partial charge in [-0.1, -0.05) is 34.6 Å². The molecule has 146 valence electrons. The Balaban J connectivity index is 1.60. The molecule has 0 radical (unpaired) electrons. The Kier molecular flexibility index (Phi) is 6.18. The fourth-order valence-electron chi connectivity index (χ4n) is 2.55. The second-order valence-corrected chi connectivity index (χ2v) is 8.27. The number of nitrogens with zero attached hydrogens (tertiary/aromatic N) is 5. The van der Waals surface area contributed by atoms with Gasteiger partial charge >= 0.3 is 0 Å². The van der Waals surface area contributed by atoms with Crippen LogP contribution in [0, 0.1) is 0 Å². The van der Waals surface area contributed by atoms with E-state index in [-0.39, 0.29) is 11.6 Å². The number of thioether (sulfide) groups is 1. The third-order valence-corrected chi connectivity index (χ3v) is 5.95. The van der Waals surface area contributed by atoms with Gasteiger partial charge in [0.15, 0.2) is 10.9 Å². The van der Waals surface area contributed by atoms with Gasteiger partial charge in [0, 0.05) is 28.0 Å². The average molecular weight is 443 g/mol. The molecular formula is C19H15ClN6OS2. The number of hydrogen-bond donors (Lipinski definition) is 1. The number of carbonyl (C=O) groups excluding carboxylic acids is 1. The maximum absolute atomic E-state index is 12.8. The monoisotopic (exact) mass is 442 g/mol. The summed E-state index contributed by atoms with van der Waals surface area (Å²) in [6.07, 6.45) is 3.36. The predicted octanol–water partition coefficient (Wildman–Crippen LogP) is 3.99. The molecule has 0 aliphatic carbocycles. The second-order valence-electron chi connectivity index (χ2n) is 5.86. The Morgan fingerprint density at radius 1 is 1.14 bits per heavy atom. The largest absolute Gasteiger partial charge is 0.346 e. The Morgan fingerprint density at radius 2 is 1.93 bits per heavy atom. The first-order valence-electron chi connectivity index (χ1n) is 8.61. The topological polar surface area (TPSA) is 85.6 Å². The molecule has 1 N–H and O–H groups in total. The van der Waals surface area contributed by atoms with E-state index in [0.717, 1.165) is 10.6 Å². The summed E-state index contributed by atoms with van der Waals surface area (Å²) in [5.41, 5.74) is 1.71. The van der Waals surface area contributed by atoms with E-state index >= 15 is 0 Å². The SMILES string of the molecule is O=C(NCc1cccs1)c1nnn(-c2ccc(Cl)cc2)c1CSc1ncccn1. The maximum Gasteiger partial charge on any atom is 0.274 e. The second kappa shape index (κ2) is 9.17. The summed E-state index contributed by atoms with van der Waals surface area (Å²) in [4.78, 5) is 22.3. The third kappa shape index (κ3) is 4.81. The molecule has 1 amide bonds. The Hall–Kier alpha value is -2.75. The minimum Gasteiger partial charge on any atom is -0.346 e. The van der Waals surface area contributed by atoms with Crippen molar-refractivity contribution >= 4 is 40.6 Å². The van der Waals surface area contributed by atoms with Gasteiger partial charge in [0.05, 0.1) is 17.9 Å². The minimum atomic E-state index is -0.275. The van der Waals surface area contributed by atoms with Crippen LogP contribution in [0.1, 0.15) is 21.1 Å². The zero-order valence-corrected chi connectivity index (χ0v) is 17.4. The number of aromatic nitrogens is 5. The number of carbonyl (C=O) groups is 1. The van der Waals surface area contributed by atoms with Crippen molar-refractivity contribution in [2.24, 2.45) is 0 Å². The van der Waals surface area contributed by atoms with Crippen LogP contribution in [0.25, 0.3) is 5.69 Å². The molecule has 0 aliphatic heterocycles. The number of thiophene rings is 1. The fourth-order valence-corrected chi connectivity index (χ4v) is 4.12. The van der Waals surface area contributed by atoms with Gasteiger partial charge < -0.3 is 5.32 Å². The van der Waals surface area contributed by atoms with Gasteiger partial charge in [-0.15, -0.1) is 16.4 Å². The van der Waals surface area contributed by atoms with Crippen molar-refractivity contribution in [3.05, 3.63) is 81.5 Å². The van der Waals surface area contributed by atoms with E-state index < -0.39 is 0 Å². The van der Waals surface area contributed by atoms with Crippen molar-refractivity contribution < 1.29 is 4.79 Å². The fraction of sp³-hybridized carbons (Fsp3) is 0.105. The smallest absolute Gasteiger partial charge is 0.274 e. The Morgan fingerprint density at radius 3 is 2.66 bits per heavy atom. The molecule has 0 spiro atoms. The molecule has 3 aromatic heterocycles. The van der Waals surface area contributed by atoms with E-state index in [9.17, 15) is 4.79 Å². The van der Waals surface area contributed by atoms with Crippen LogP contribution in [-0.4, -0.2) is 30.9 Å². The number of nitrogens with one attached hydrogen (secondary N) is 1. The number of halogens is 1. The van der Waals surface area contributed by atoms with Gasteiger partial charge in [0.1, 0.15) is 0 Å². The van der Waals surface area contributed by atoms with E-state index in [4.69, 9.17) is 11.6 Å². The zero-order valence-electron chi connectivity index (χ0n) is 15.0. The molecule has 7 nitrogen and oxygen atoms in total. The van der Waals surface area contributed by atoms with E-state index in [1.807, 2.05) is 29.6 Å². The minimum absolute atomic E-state index is 0.275. The summed E-state index contributed by atoms with van der Waals surface area (Å²) in [5, 5.41) is 14.5. The van der Waals surface area contributed by atoms with Crippen LogP contribution in [0.4, 0.5) is 0 Å². The summed E-state index contributed by atoms with van der Waals surface area (Å²) in [6.45, 7) is 0.443.